The first-order valence-electron chi connectivity index (χ1n) is 6.17. The van der Waals surface area contributed by atoms with Crippen LogP contribution in [-0.2, 0) is 11.3 Å². The van der Waals surface area contributed by atoms with E-state index in [-0.39, 0.29) is 6.79 Å². The number of ether oxygens (including phenoxy) is 3. The van der Waals surface area contributed by atoms with Crippen LogP contribution in [0.25, 0.3) is 0 Å². The average molecular weight is 284 g/mol. The zero-order valence-corrected chi connectivity index (χ0v) is 11.8. The predicted octanol–water partition coefficient (Wildman–Crippen LogP) is 2.75. The fraction of sp³-hybridized carbons (Fsp3) is 0.429. The van der Waals surface area contributed by atoms with E-state index < -0.39 is 0 Å². The van der Waals surface area contributed by atoms with Gasteiger partial charge in [0, 0.05) is 13.1 Å². The molecule has 0 fully saturated rings. The van der Waals surface area contributed by atoms with Gasteiger partial charge in [-0.25, -0.2) is 0 Å². The van der Waals surface area contributed by atoms with Crippen molar-refractivity contribution in [2.75, 3.05) is 26.6 Å². The van der Waals surface area contributed by atoms with Gasteiger partial charge in [-0.1, -0.05) is 23.8 Å². The fourth-order valence-electron chi connectivity index (χ4n) is 1.75. The molecule has 0 radical (unpaired) electrons. The van der Waals surface area contributed by atoms with E-state index in [1.54, 1.807) is 0 Å². The molecule has 0 atom stereocenters. The summed E-state index contributed by atoms with van der Waals surface area (Å²) in [5.74, 6) is 1.35. The standard InChI is InChI=1S/C14H18ClNO3/c1-10(2)8-17-4-3-16-7-11-5-12(15)14-13(6-11)18-9-19-14/h5-6,16H,1,3-4,7-9H2,2H3. The van der Waals surface area contributed by atoms with E-state index in [9.17, 15) is 0 Å². The van der Waals surface area contributed by atoms with Crippen molar-refractivity contribution in [2.24, 2.45) is 0 Å². The molecule has 104 valence electrons. The minimum Gasteiger partial charge on any atom is -0.454 e. The SMILES string of the molecule is C=C(C)COCCNCc1cc(Cl)c2c(c1)OCO2. The van der Waals surface area contributed by atoms with Crippen molar-refractivity contribution in [1.82, 2.24) is 5.32 Å². The number of hydrogen-bond acceptors (Lipinski definition) is 4. The Morgan fingerprint density at radius 2 is 2.32 bits per heavy atom. The number of nitrogens with one attached hydrogen (secondary N) is 1. The Labute approximate surface area is 118 Å². The molecule has 1 aliphatic heterocycles. The molecule has 1 aromatic carbocycles. The highest BCUT2D eigenvalue weighted by molar-refractivity contribution is 6.32. The molecule has 0 aromatic heterocycles. The maximum absolute atomic E-state index is 6.10. The van der Waals surface area contributed by atoms with Crippen LogP contribution >= 0.6 is 11.6 Å². The number of hydrogen-bond donors (Lipinski definition) is 1. The quantitative estimate of drug-likeness (QED) is 0.617. The third-order valence-corrected chi connectivity index (χ3v) is 2.87. The summed E-state index contributed by atoms with van der Waals surface area (Å²) in [5, 5.41) is 3.87. The van der Waals surface area contributed by atoms with Crippen LogP contribution in [0.15, 0.2) is 24.3 Å². The largest absolute Gasteiger partial charge is 0.454 e. The summed E-state index contributed by atoms with van der Waals surface area (Å²) in [6.45, 7) is 8.72. The summed E-state index contributed by atoms with van der Waals surface area (Å²) >= 11 is 6.10. The summed E-state index contributed by atoms with van der Waals surface area (Å²) < 4.78 is 16.0. The molecule has 0 bridgehead atoms. The van der Waals surface area contributed by atoms with Crippen LogP contribution in [-0.4, -0.2) is 26.6 Å². The van der Waals surface area contributed by atoms with Crippen LogP contribution in [0.1, 0.15) is 12.5 Å². The molecule has 1 N–H and O–H groups in total. The van der Waals surface area contributed by atoms with Gasteiger partial charge in [-0.3, -0.25) is 0 Å². The van der Waals surface area contributed by atoms with E-state index in [1.165, 1.54) is 0 Å². The molecular formula is C14H18ClNO3. The summed E-state index contributed by atoms with van der Waals surface area (Å²) in [5.41, 5.74) is 2.09. The summed E-state index contributed by atoms with van der Waals surface area (Å²) in [6.07, 6.45) is 0. The van der Waals surface area contributed by atoms with E-state index in [2.05, 4.69) is 11.9 Å². The Bertz CT molecular complexity index is 462. The Balaban J connectivity index is 1.74. The average Bonchev–Trinajstić information content (AvgIpc) is 2.82. The van der Waals surface area contributed by atoms with E-state index in [1.807, 2.05) is 19.1 Å². The van der Waals surface area contributed by atoms with Crippen molar-refractivity contribution in [1.29, 1.82) is 0 Å². The predicted molar refractivity (Wildman–Crippen MR) is 74.9 cm³/mol. The smallest absolute Gasteiger partial charge is 0.231 e. The van der Waals surface area contributed by atoms with E-state index in [4.69, 9.17) is 25.8 Å². The first kappa shape index (κ1) is 14.2. The lowest BCUT2D eigenvalue weighted by atomic mass is 10.2. The lowest BCUT2D eigenvalue weighted by molar-refractivity contribution is 0.157. The highest BCUT2D eigenvalue weighted by Gasteiger charge is 2.17. The van der Waals surface area contributed by atoms with Crippen molar-refractivity contribution < 1.29 is 14.2 Å². The van der Waals surface area contributed by atoms with Crippen LogP contribution in [0.3, 0.4) is 0 Å². The zero-order chi connectivity index (χ0) is 13.7. The van der Waals surface area contributed by atoms with Crippen molar-refractivity contribution in [3.8, 4) is 11.5 Å². The molecule has 19 heavy (non-hydrogen) atoms. The molecule has 0 amide bonds. The van der Waals surface area contributed by atoms with Crippen LogP contribution in [0.5, 0.6) is 11.5 Å². The van der Waals surface area contributed by atoms with E-state index in [0.717, 1.165) is 17.7 Å². The van der Waals surface area contributed by atoms with Crippen molar-refractivity contribution in [2.45, 2.75) is 13.5 Å². The molecule has 0 spiro atoms. The summed E-state index contributed by atoms with van der Waals surface area (Å²) in [6, 6.07) is 3.83. The zero-order valence-electron chi connectivity index (χ0n) is 11.0. The minimum atomic E-state index is 0.237. The van der Waals surface area contributed by atoms with E-state index >= 15 is 0 Å². The maximum Gasteiger partial charge on any atom is 0.231 e. The number of rotatable bonds is 7. The van der Waals surface area contributed by atoms with Gasteiger partial charge < -0.3 is 19.5 Å². The first-order valence-corrected chi connectivity index (χ1v) is 6.55. The van der Waals surface area contributed by atoms with E-state index in [0.29, 0.717) is 36.3 Å². The molecular weight excluding hydrogens is 266 g/mol. The molecule has 1 aromatic rings. The van der Waals surface area contributed by atoms with Crippen molar-refractivity contribution >= 4 is 11.6 Å². The van der Waals surface area contributed by atoms with Crippen molar-refractivity contribution in [3.05, 3.63) is 34.9 Å². The number of benzene rings is 1. The van der Waals surface area contributed by atoms with Gasteiger partial charge in [-0.2, -0.15) is 0 Å². The van der Waals surface area contributed by atoms with Gasteiger partial charge in [0.05, 0.1) is 18.2 Å². The third-order valence-electron chi connectivity index (χ3n) is 2.59. The van der Waals surface area contributed by atoms with Gasteiger partial charge in [0.15, 0.2) is 11.5 Å². The molecule has 0 saturated carbocycles. The van der Waals surface area contributed by atoms with Gasteiger partial charge in [-0.15, -0.1) is 0 Å². The third kappa shape index (κ3) is 4.13. The fourth-order valence-corrected chi connectivity index (χ4v) is 2.03. The topological polar surface area (TPSA) is 39.7 Å². The monoisotopic (exact) mass is 283 g/mol. The molecule has 0 saturated heterocycles. The molecule has 0 aliphatic carbocycles. The lowest BCUT2D eigenvalue weighted by Crippen LogP contribution is -2.19. The van der Waals surface area contributed by atoms with Crippen LogP contribution in [0.2, 0.25) is 5.02 Å². The summed E-state index contributed by atoms with van der Waals surface area (Å²) in [7, 11) is 0. The van der Waals surface area contributed by atoms with Crippen molar-refractivity contribution in [3.63, 3.8) is 0 Å². The second-order valence-corrected chi connectivity index (χ2v) is 4.91. The molecule has 1 heterocycles. The lowest BCUT2D eigenvalue weighted by Gasteiger charge is -2.08. The van der Waals surface area contributed by atoms with Gasteiger partial charge in [0.1, 0.15) is 0 Å². The number of halogens is 1. The van der Waals surface area contributed by atoms with Crippen LogP contribution < -0.4 is 14.8 Å². The first-order chi connectivity index (χ1) is 9.16. The van der Waals surface area contributed by atoms with Gasteiger partial charge >= 0.3 is 0 Å². The molecule has 4 nitrogen and oxygen atoms in total. The Hall–Kier alpha value is -1.23. The van der Waals surface area contributed by atoms with Gasteiger partial charge in [0.25, 0.3) is 0 Å². The van der Waals surface area contributed by atoms with Crippen LogP contribution in [0.4, 0.5) is 0 Å². The molecule has 5 heteroatoms. The molecule has 0 unspecified atom stereocenters. The van der Waals surface area contributed by atoms with Gasteiger partial charge in [-0.05, 0) is 24.6 Å². The Morgan fingerprint density at radius 1 is 1.47 bits per heavy atom. The normalized spacial score (nSPS) is 12.7. The summed E-state index contributed by atoms with van der Waals surface area (Å²) in [4.78, 5) is 0. The maximum atomic E-state index is 6.10. The van der Waals surface area contributed by atoms with Gasteiger partial charge in [0.2, 0.25) is 6.79 Å². The second kappa shape index (κ2) is 6.80. The Kier molecular flexibility index (Phi) is 5.07. The Morgan fingerprint density at radius 3 is 3.11 bits per heavy atom. The molecule has 1 aliphatic rings. The van der Waals surface area contributed by atoms with Crippen LogP contribution in [0, 0.1) is 0 Å². The number of fused-ring (bicyclic) bond motifs is 1. The minimum absolute atomic E-state index is 0.237. The highest BCUT2D eigenvalue weighted by atomic mass is 35.5. The molecule has 2 rings (SSSR count). The second-order valence-electron chi connectivity index (χ2n) is 4.50. The highest BCUT2D eigenvalue weighted by Crippen LogP contribution is 2.39.